The van der Waals surface area contributed by atoms with Gasteiger partial charge in [0, 0.05) is 12.6 Å². The van der Waals surface area contributed by atoms with E-state index in [0.717, 1.165) is 18.3 Å². The van der Waals surface area contributed by atoms with Crippen LogP contribution in [0.25, 0.3) is 0 Å². The minimum atomic E-state index is 0.625. The van der Waals surface area contributed by atoms with Gasteiger partial charge in [-0.25, -0.2) is 0 Å². The average Bonchev–Trinajstić information content (AvgIpc) is 3.30. The molecule has 2 aromatic rings. The van der Waals surface area contributed by atoms with Crippen molar-refractivity contribution in [2.75, 3.05) is 0 Å². The summed E-state index contributed by atoms with van der Waals surface area (Å²) in [7, 11) is 0. The quantitative estimate of drug-likeness (QED) is 0.859. The summed E-state index contributed by atoms with van der Waals surface area (Å²) in [5, 5.41) is 3.51. The maximum atomic E-state index is 5.80. The Morgan fingerprint density at radius 2 is 1.60 bits per heavy atom. The van der Waals surface area contributed by atoms with Gasteiger partial charge in [-0.2, -0.15) is 0 Å². The molecule has 2 nitrogen and oxygen atoms in total. The van der Waals surface area contributed by atoms with Crippen LogP contribution in [0.15, 0.2) is 48.5 Å². The minimum absolute atomic E-state index is 0.625. The normalized spacial score (nSPS) is 14.2. The summed E-state index contributed by atoms with van der Waals surface area (Å²) in [6.45, 7) is 3.68. The SMILES string of the molecule is Cc1ccc(COc2ccc(CNC3CC3)cc2)cc1. The van der Waals surface area contributed by atoms with Crippen LogP contribution in [0.1, 0.15) is 29.5 Å². The molecule has 0 amide bonds. The van der Waals surface area contributed by atoms with Crippen molar-refractivity contribution in [1.82, 2.24) is 5.32 Å². The lowest BCUT2D eigenvalue weighted by molar-refractivity contribution is 0.306. The molecule has 1 N–H and O–H groups in total. The van der Waals surface area contributed by atoms with Crippen LogP contribution >= 0.6 is 0 Å². The Kier molecular flexibility index (Phi) is 4.03. The van der Waals surface area contributed by atoms with Crippen LogP contribution in [0.3, 0.4) is 0 Å². The summed E-state index contributed by atoms with van der Waals surface area (Å²) in [6.07, 6.45) is 2.66. The van der Waals surface area contributed by atoms with Crippen molar-refractivity contribution in [3.05, 3.63) is 65.2 Å². The number of nitrogens with one attached hydrogen (secondary N) is 1. The zero-order chi connectivity index (χ0) is 13.8. The average molecular weight is 267 g/mol. The number of ether oxygens (including phenoxy) is 1. The third kappa shape index (κ3) is 3.84. The monoisotopic (exact) mass is 267 g/mol. The van der Waals surface area contributed by atoms with Gasteiger partial charge >= 0.3 is 0 Å². The lowest BCUT2D eigenvalue weighted by Crippen LogP contribution is -2.15. The van der Waals surface area contributed by atoms with E-state index in [9.17, 15) is 0 Å². The largest absolute Gasteiger partial charge is 0.489 e. The van der Waals surface area contributed by atoms with Crippen LogP contribution < -0.4 is 10.1 Å². The predicted molar refractivity (Wildman–Crippen MR) is 81.8 cm³/mol. The van der Waals surface area contributed by atoms with Gasteiger partial charge in [0.1, 0.15) is 12.4 Å². The minimum Gasteiger partial charge on any atom is -0.489 e. The first-order chi connectivity index (χ1) is 9.79. The van der Waals surface area contributed by atoms with Gasteiger partial charge in [0.2, 0.25) is 0 Å². The standard InChI is InChI=1S/C18H21NO/c1-14-2-4-16(5-3-14)13-20-18-10-6-15(7-11-18)12-19-17-8-9-17/h2-7,10-11,17,19H,8-9,12-13H2,1H3. The van der Waals surface area contributed by atoms with Crippen molar-refractivity contribution in [2.24, 2.45) is 0 Å². The first-order valence-electron chi connectivity index (χ1n) is 7.30. The van der Waals surface area contributed by atoms with Gasteiger partial charge in [-0.3, -0.25) is 0 Å². The van der Waals surface area contributed by atoms with E-state index >= 15 is 0 Å². The summed E-state index contributed by atoms with van der Waals surface area (Å²) in [4.78, 5) is 0. The summed E-state index contributed by atoms with van der Waals surface area (Å²) in [5.41, 5.74) is 3.80. The zero-order valence-electron chi connectivity index (χ0n) is 11.9. The van der Waals surface area contributed by atoms with Gasteiger partial charge < -0.3 is 10.1 Å². The van der Waals surface area contributed by atoms with E-state index in [1.165, 1.54) is 29.5 Å². The molecule has 1 fully saturated rings. The van der Waals surface area contributed by atoms with Gasteiger partial charge in [0.15, 0.2) is 0 Å². The van der Waals surface area contributed by atoms with Crippen molar-refractivity contribution in [3.8, 4) is 5.75 Å². The van der Waals surface area contributed by atoms with Gasteiger partial charge in [-0.1, -0.05) is 42.0 Å². The van der Waals surface area contributed by atoms with Gasteiger partial charge in [0.05, 0.1) is 0 Å². The number of aryl methyl sites for hydroxylation is 1. The van der Waals surface area contributed by atoms with Gasteiger partial charge in [-0.15, -0.1) is 0 Å². The van der Waals surface area contributed by atoms with Crippen molar-refractivity contribution in [3.63, 3.8) is 0 Å². The van der Waals surface area contributed by atoms with Gasteiger partial charge in [-0.05, 0) is 43.0 Å². The first-order valence-corrected chi connectivity index (χ1v) is 7.30. The zero-order valence-corrected chi connectivity index (χ0v) is 11.9. The predicted octanol–water partition coefficient (Wildman–Crippen LogP) is 3.83. The van der Waals surface area contributed by atoms with E-state index in [4.69, 9.17) is 4.74 Å². The lowest BCUT2D eigenvalue weighted by Gasteiger charge is -2.08. The second kappa shape index (κ2) is 6.10. The molecule has 104 valence electrons. The lowest BCUT2D eigenvalue weighted by atomic mass is 10.2. The van der Waals surface area contributed by atoms with E-state index in [1.54, 1.807) is 0 Å². The van der Waals surface area contributed by atoms with Crippen molar-refractivity contribution < 1.29 is 4.74 Å². The van der Waals surface area contributed by atoms with Crippen LogP contribution in [-0.4, -0.2) is 6.04 Å². The highest BCUT2D eigenvalue weighted by Crippen LogP contribution is 2.20. The molecule has 1 aliphatic carbocycles. The molecule has 0 unspecified atom stereocenters. The molecular weight excluding hydrogens is 246 g/mol. The number of rotatable bonds is 6. The molecule has 0 aliphatic heterocycles. The summed E-state index contributed by atoms with van der Waals surface area (Å²) < 4.78 is 5.80. The highest BCUT2D eigenvalue weighted by Gasteiger charge is 2.19. The molecule has 0 spiro atoms. The maximum absolute atomic E-state index is 5.80. The van der Waals surface area contributed by atoms with Crippen molar-refractivity contribution in [1.29, 1.82) is 0 Å². The number of hydrogen-bond acceptors (Lipinski definition) is 2. The highest BCUT2D eigenvalue weighted by atomic mass is 16.5. The molecule has 3 rings (SSSR count). The molecule has 1 saturated carbocycles. The Hall–Kier alpha value is -1.80. The van der Waals surface area contributed by atoms with Crippen LogP contribution in [-0.2, 0) is 13.2 Å². The molecule has 1 aliphatic rings. The van der Waals surface area contributed by atoms with Crippen LogP contribution in [0.2, 0.25) is 0 Å². The first kappa shape index (κ1) is 13.2. The molecular formula is C18H21NO. The fraction of sp³-hybridized carbons (Fsp3) is 0.333. The second-order valence-corrected chi connectivity index (χ2v) is 5.57. The molecule has 2 heteroatoms. The smallest absolute Gasteiger partial charge is 0.119 e. The second-order valence-electron chi connectivity index (χ2n) is 5.57. The molecule has 0 heterocycles. The van der Waals surface area contributed by atoms with E-state index in [-0.39, 0.29) is 0 Å². The van der Waals surface area contributed by atoms with E-state index in [2.05, 4.69) is 60.8 Å². The molecule has 20 heavy (non-hydrogen) atoms. The van der Waals surface area contributed by atoms with Crippen LogP contribution in [0.4, 0.5) is 0 Å². The number of benzene rings is 2. The molecule has 0 saturated heterocycles. The molecule has 0 bridgehead atoms. The van der Waals surface area contributed by atoms with Crippen molar-refractivity contribution >= 4 is 0 Å². The summed E-state index contributed by atoms with van der Waals surface area (Å²) in [6, 6.07) is 17.6. The Balaban J connectivity index is 1.50. The molecule has 0 atom stereocenters. The fourth-order valence-electron chi connectivity index (χ4n) is 2.10. The Morgan fingerprint density at radius 1 is 0.950 bits per heavy atom. The molecule has 2 aromatic carbocycles. The Morgan fingerprint density at radius 3 is 2.25 bits per heavy atom. The van der Waals surface area contributed by atoms with Crippen molar-refractivity contribution in [2.45, 2.75) is 39.0 Å². The topological polar surface area (TPSA) is 21.3 Å². The third-order valence-corrected chi connectivity index (χ3v) is 3.62. The fourth-order valence-corrected chi connectivity index (χ4v) is 2.10. The Bertz CT molecular complexity index is 541. The highest BCUT2D eigenvalue weighted by molar-refractivity contribution is 5.28. The van der Waals surface area contributed by atoms with Crippen LogP contribution in [0.5, 0.6) is 5.75 Å². The molecule has 0 aromatic heterocycles. The summed E-state index contributed by atoms with van der Waals surface area (Å²) >= 11 is 0. The van der Waals surface area contributed by atoms with Gasteiger partial charge in [0.25, 0.3) is 0 Å². The molecule has 0 radical (unpaired) electrons. The van der Waals surface area contributed by atoms with E-state index in [1.807, 2.05) is 0 Å². The Labute approximate surface area is 120 Å². The van der Waals surface area contributed by atoms with Crippen LogP contribution in [0, 0.1) is 6.92 Å². The number of hydrogen-bond donors (Lipinski definition) is 1. The van der Waals surface area contributed by atoms with E-state index in [0.29, 0.717) is 6.61 Å². The maximum Gasteiger partial charge on any atom is 0.119 e. The summed E-state index contributed by atoms with van der Waals surface area (Å²) in [5.74, 6) is 0.931. The van der Waals surface area contributed by atoms with E-state index < -0.39 is 0 Å². The third-order valence-electron chi connectivity index (χ3n) is 3.62.